The minimum atomic E-state index is -1.35. The Kier molecular flexibility index (Phi) is 8.14. The molecule has 0 aliphatic rings. The lowest BCUT2D eigenvalue weighted by molar-refractivity contribution is -0.169. The fourth-order valence-corrected chi connectivity index (χ4v) is 1.20. The maximum absolute atomic E-state index is 11.4. The van der Waals surface area contributed by atoms with E-state index in [2.05, 4.69) is 0 Å². The molecule has 0 saturated heterocycles. The van der Waals surface area contributed by atoms with Gasteiger partial charge in [0.2, 0.25) is 0 Å². The Morgan fingerprint density at radius 3 is 1.86 bits per heavy atom. The zero-order chi connectivity index (χ0) is 10.5. The Hall–Kier alpha value is -0.294. The number of hydrogen-bond donors (Lipinski definition) is 1. The second-order valence-electron chi connectivity index (χ2n) is 2.81. The van der Waals surface area contributed by atoms with E-state index in [0.717, 1.165) is 0 Å². The number of carboxylic acid groups (broad SMARTS) is 1. The number of carboxylic acids is 1. The summed E-state index contributed by atoms with van der Waals surface area (Å²) in [4.78, 5) is 22.3. The van der Waals surface area contributed by atoms with Gasteiger partial charge in [-0.3, -0.25) is 9.59 Å². The van der Waals surface area contributed by atoms with Crippen molar-refractivity contribution >= 4 is 35.0 Å². The van der Waals surface area contributed by atoms with Crippen molar-refractivity contribution < 1.29 is 19.4 Å². The molecule has 0 bridgehead atoms. The maximum Gasteiger partial charge on any atom is 0.323 e. The lowest BCUT2D eigenvalue weighted by Crippen LogP contribution is -2.39. The van der Waals surface area contributed by atoms with Crippen LogP contribution >= 0.6 is 0 Å². The Balaban J connectivity index is 0. The van der Waals surface area contributed by atoms with E-state index in [0.29, 0.717) is 0 Å². The van der Waals surface area contributed by atoms with Crippen molar-refractivity contribution in [2.45, 2.75) is 33.6 Å². The highest BCUT2D eigenvalue weighted by molar-refractivity contribution is 5.99. The lowest BCUT2D eigenvalue weighted by atomic mass is 9.82. The maximum atomic E-state index is 11.4. The summed E-state index contributed by atoms with van der Waals surface area (Å²) in [6.45, 7) is 5.23. The molecule has 0 atom stereocenters. The van der Waals surface area contributed by atoms with Crippen LogP contribution in [0.1, 0.15) is 33.6 Å². The van der Waals surface area contributed by atoms with Gasteiger partial charge in [-0.15, -0.1) is 0 Å². The third-order valence-electron chi connectivity index (χ3n) is 2.28. The second-order valence-corrected chi connectivity index (χ2v) is 2.81. The summed E-state index contributed by atoms with van der Waals surface area (Å²) in [5.41, 5.74) is -1.35. The minimum Gasteiger partial charge on any atom is -0.480 e. The van der Waals surface area contributed by atoms with Gasteiger partial charge < -0.3 is 9.84 Å². The van der Waals surface area contributed by atoms with Crippen molar-refractivity contribution in [3.8, 4) is 0 Å². The van der Waals surface area contributed by atoms with Crippen molar-refractivity contribution in [1.82, 2.24) is 0 Å². The minimum absolute atomic E-state index is 0. The summed E-state index contributed by atoms with van der Waals surface area (Å²) in [6.07, 6.45) is 0.523. The molecule has 1 N–H and O–H groups in total. The van der Waals surface area contributed by atoms with Gasteiger partial charge in [-0.2, -0.15) is 0 Å². The molecule has 0 unspecified atom stereocenters. The molecular weight excluding hydrogens is 196 g/mol. The van der Waals surface area contributed by atoms with Gasteiger partial charge in [-0.25, -0.2) is 0 Å². The Morgan fingerprint density at radius 1 is 1.21 bits per heavy atom. The summed E-state index contributed by atoms with van der Waals surface area (Å²) in [6, 6.07) is 0. The number of aliphatic carboxylic acids is 1. The van der Waals surface area contributed by atoms with Crippen LogP contribution in [0.5, 0.6) is 0 Å². The number of carbonyl (C=O) groups excluding carboxylic acids is 1. The molecule has 0 aliphatic heterocycles. The molecule has 0 aliphatic carbocycles. The van der Waals surface area contributed by atoms with E-state index < -0.39 is 17.4 Å². The zero-order valence-electron chi connectivity index (χ0n) is 8.29. The van der Waals surface area contributed by atoms with E-state index in [9.17, 15) is 9.59 Å². The molecule has 0 saturated carbocycles. The molecule has 0 aromatic rings. The fraction of sp³-hybridized carbons (Fsp3) is 0.778. The largest absolute Gasteiger partial charge is 0.480 e. The highest BCUT2D eigenvalue weighted by atomic mass is 24.3. The van der Waals surface area contributed by atoms with Gasteiger partial charge in [0.1, 0.15) is 0 Å². The highest BCUT2D eigenvalue weighted by Gasteiger charge is 2.44. The monoisotopic (exact) mass is 214 g/mol. The van der Waals surface area contributed by atoms with Gasteiger partial charge in [0.25, 0.3) is 0 Å². The quantitative estimate of drug-likeness (QED) is 0.412. The molecule has 0 radical (unpaired) electrons. The van der Waals surface area contributed by atoms with E-state index in [-0.39, 0.29) is 42.5 Å². The van der Waals surface area contributed by atoms with Crippen LogP contribution in [0.15, 0.2) is 0 Å². The highest BCUT2D eigenvalue weighted by Crippen LogP contribution is 2.28. The molecule has 0 heterocycles. The third-order valence-corrected chi connectivity index (χ3v) is 2.28. The topological polar surface area (TPSA) is 63.6 Å². The van der Waals surface area contributed by atoms with Crippen molar-refractivity contribution in [3.05, 3.63) is 0 Å². The Labute approximate surface area is 100 Å². The van der Waals surface area contributed by atoms with Crippen LogP contribution in [0.25, 0.3) is 0 Å². The van der Waals surface area contributed by atoms with Gasteiger partial charge in [-0.05, 0) is 19.8 Å². The molecule has 0 rings (SSSR count). The van der Waals surface area contributed by atoms with Crippen LogP contribution in [0.3, 0.4) is 0 Å². The Bertz CT molecular complexity index is 199. The Morgan fingerprint density at radius 2 is 1.64 bits per heavy atom. The van der Waals surface area contributed by atoms with Crippen LogP contribution in [0, 0.1) is 5.41 Å². The first-order chi connectivity index (χ1) is 6.05. The summed E-state index contributed by atoms with van der Waals surface area (Å²) >= 11 is 0. The van der Waals surface area contributed by atoms with Crippen molar-refractivity contribution in [2.75, 3.05) is 6.61 Å². The number of hydrogen-bond acceptors (Lipinski definition) is 3. The number of esters is 1. The molecule has 0 amide bonds. The second kappa shape index (κ2) is 7.06. The van der Waals surface area contributed by atoms with E-state index in [1.54, 1.807) is 20.8 Å². The van der Waals surface area contributed by atoms with E-state index >= 15 is 0 Å². The summed E-state index contributed by atoms with van der Waals surface area (Å²) in [5.74, 6) is -1.73. The molecular formula is C9H18MgO4. The van der Waals surface area contributed by atoms with Gasteiger partial charge in [0.15, 0.2) is 5.41 Å². The van der Waals surface area contributed by atoms with Crippen molar-refractivity contribution in [2.24, 2.45) is 5.41 Å². The fourth-order valence-electron chi connectivity index (χ4n) is 1.20. The summed E-state index contributed by atoms with van der Waals surface area (Å²) in [5, 5.41) is 8.92. The molecule has 0 aromatic heterocycles. The smallest absolute Gasteiger partial charge is 0.323 e. The average Bonchev–Trinajstić information content (AvgIpc) is 2.07. The summed E-state index contributed by atoms with van der Waals surface area (Å²) in [7, 11) is 0. The number of ether oxygens (including phenoxy) is 1. The van der Waals surface area contributed by atoms with Gasteiger partial charge in [-0.1, -0.05) is 13.8 Å². The third kappa shape index (κ3) is 3.13. The molecule has 0 aromatic carbocycles. The molecule has 0 fully saturated rings. The lowest BCUT2D eigenvalue weighted by Gasteiger charge is -2.23. The predicted molar refractivity (Wildman–Crippen MR) is 55.8 cm³/mol. The molecule has 80 valence electrons. The number of carbonyl (C=O) groups is 2. The van der Waals surface area contributed by atoms with Crippen LogP contribution in [-0.4, -0.2) is 46.7 Å². The van der Waals surface area contributed by atoms with E-state index in [4.69, 9.17) is 9.84 Å². The van der Waals surface area contributed by atoms with Gasteiger partial charge >= 0.3 is 35.0 Å². The van der Waals surface area contributed by atoms with Crippen LogP contribution in [-0.2, 0) is 14.3 Å². The number of rotatable bonds is 5. The zero-order valence-corrected chi connectivity index (χ0v) is 8.29. The van der Waals surface area contributed by atoms with Crippen LogP contribution in [0.2, 0.25) is 0 Å². The van der Waals surface area contributed by atoms with E-state index in [1.165, 1.54) is 0 Å². The van der Waals surface area contributed by atoms with E-state index in [1.807, 2.05) is 0 Å². The van der Waals surface area contributed by atoms with Crippen LogP contribution in [0.4, 0.5) is 0 Å². The normalized spacial score (nSPS) is 10.2. The first-order valence-electron chi connectivity index (χ1n) is 4.45. The molecule has 0 spiro atoms. The van der Waals surface area contributed by atoms with Crippen molar-refractivity contribution in [3.63, 3.8) is 0 Å². The molecule has 5 heteroatoms. The van der Waals surface area contributed by atoms with Gasteiger partial charge in [0, 0.05) is 0 Å². The first-order valence-corrected chi connectivity index (χ1v) is 4.45. The standard InChI is InChI=1S/C9H16O4.Mg.2H/c1-4-9(5-2,7(10)11)8(12)13-6-3;;;/h4-6H2,1-3H3,(H,10,11);;;. The van der Waals surface area contributed by atoms with Gasteiger partial charge in [0.05, 0.1) is 6.61 Å². The van der Waals surface area contributed by atoms with Crippen LogP contribution < -0.4 is 0 Å². The molecule has 4 nitrogen and oxygen atoms in total. The average molecular weight is 215 g/mol. The first kappa shape index (κ1) is 16.1. The SMILES string of the molecule is CCOC(=O)C(CC)(CC)C(=O)O.[MgH2]. The molecule has 14 heavy (non-hydrogen) atoms. The predicted octanol–water partition coefficient (Wildman–Crippen LogP) is 0.524. The van der Waals surface area contributed by atoms with Crippen molar-refractivity contribution in [1.29, 1.82) is 0 Å². The summed E-state index contributed by atoms with van der Waals surface area (Å²) < 4.78 is 4.73.